The summed E-state index contributed by atoms with van der Waals surface area (Å²) in [7, 11) is 0. The number of carbonyl (C=O) groups is 4. The lowest BCUT2D eigenvalue weighted by Crippen LogP contribution is -2.42. The van der Waals surface area contributed by atoms with Gasteiger partial charge in [-0.15, -0.1) is 0 Å². The van der Waals surface area contributed by atoms with Crippen LogP contribution in [0.1, 0.15) is 54.3 Å². The number of ether oxygens (including phenoxy) is 5. The van der Waals surface area contributed by atoms with Crippen LogP contribution in [0.3, 0.4) is 0 Å². The first-order valence-electron chi connectivity index (χ1n) is 15.2. The standard InChI is InChI=1S/C34H28O20/c35-18-1-12(2-19(36)27(18)43)31(46)50-11-17-9-16(10-26(51-17)53-33(48)13-3-20(37)28(44)21(38)4-13)52-32(47)15-7-24(41)30(25(42)8-15)54-34(49)14-5-22(39)29(45)23(40)6-14/h1-8,16-17,26,35-45H,9-11H2/t16-,17-,26-/m0/s1. The van der Waals surface area contributed by atoms with Gasteiger partial charge in [-0.3, -0.25) is 0 Å². The van der Waals surface area contributed by atoms with Gasteiger partial charge in [-0.05, 0) is 48.5 Å². The first-order valence-corrected chi connectivity index (χ1v) is 15.2. The highest BCUT2D eigenvalue weighted by molar-refractivity contribution is 5.95. The monoisotopic (exact) mass is 756 g/mol. The fourth-order valence-corrected chi connectivity index (χ4v) is 5.01. The van der Waals surface area contributed by atoms with E-state index in [0.29, 0.717) is 0 Å². The van der Waals surface area contributed by atoms with Gasteiger partial charge in [0.1, 0.15) is 12.7 Å². The minimum absolute atomic E-state index is 0.236. The molecule has 0 unspecified atom stereocenters. The number of benzene rings is 4. The quantitative estimate of drug-likeness (QED) is 0.0505. The Morgan fingerprint density at radius 1 is 0.500 bits per heavy atom. The lowest BCUT2D eigenvalue weighted by atomic mass is 10.0. The van der Waals surface area contributed by atoms with Crippen LogP contribution in [0.5, 0.6) is 69.0 Å². The summed E-state index contributed by atoms with van der Waals surface area (Å²) < 4.78 is 26.6. The summed E-state index contributed by atoms with van der Waals surface area (Å²) in [5, 5.41) is 108. The zero-order chi connectivity index (χ0) is 39.6. The van der Waals surface area contributed by atoms with Crippen LogP contribution in [0.25, 0.3) is 0 Å². The van der Waals surface area contributed by atoms with Crippen LogP contribution in [-0.2, 0) is 18.9 Å². The smallest absolute Gasteiger partial charge is 0.344 e. The maximum Gasteiger partial charge on any atom is 0.344 e. The Labute approximate surface area is 300 Å². The Morgan fingerprint density at radius 2 is 0.870 bits per heavy atom. The number of aromatic hydroxyl groups is 11. The molecule has 4 aromatic carbocycles. The van der Waals surface area contributed by atoms with Gasteiger partial charge in [-0.25, -0.2) is 19.2 Å². The third-order valence-corrected chi connectivity index (χ3v) is 7.63. The Hall–Kier alpha value is -7.48. The molecule has 54 heavy (non-hydrogen) atoms. The molecule has 0 saturated carbocycles. The molecular weight excluding hydrogens is 728 g/mol. The molecule has 11 N–H and O–H groups in total. The summed E-state index contributed by atoms with van der Waals surface area (Å²) >= 11 is 0. The molecule has 0 spiro atoms. The normalized spacial score (nSPS) is 16.6. The molecule has 0 aliphatic carbocycles. The molecule has 1 heterocycles. The summed E-state index contributed by atoms with van der Waals surface area (Å²) in [5.41, 5.74) is -1.82. The first-order chi connectivity index (χ1) is 25.4. The fraction of sp³-hybridized carbons (Fsp3) is 0.176. The molecule has 284 valence electrons. The Bertz CT molecular complexity index is 2070. The number of phenols is 11. The molecule has 1 aliphatic rings. The van der Waals surface area contributed by atoms with Gasteiger partial charge in [0.2, 0.25) is 12.0 Å². The molecule has 1 fully saturated rings. The predicted octanol–water partition coefficient (Wildman–Crippen LogP) is 2.41. The molecule has 1 aliphatic heterocycles. The second kappa shape index (κ2) is 15.0. The fourth-order valence-electron chi connectivity index (χ4n) is 5.01. The third kappa shape index (κ3) is 8.18. The number of rotatable bonds is 9. The predicted molar refractivity (Wildman–Crippen MR) is 172 cm³/mol. The van der Waals surface area contributed by atoms with Gasteiger partial charge in [0.25, 0.3) is 0 Å². The lowest BCUT2D eigenvalue weighted by Gasteiger charge is -2.34. The zero-order valence-corrected chi connectivity index (χ0v) is 27.1. The highest BCUT2D eigenvalue weighted by Gasteiger charge is 2.36. The zero-order valence-electron chi connectivity index (χ0n) is 27.1. The lowest BCUT2D eigenvalue weighted by molar-refractivity contribution is -0.198. The van der Waals surface area contributed by atoms with Crippen LogP contribution >= 0.6 is 0 Å². The Kier molecular flexibility index (Phi) is 10.5. The van der Waals surface area contributed by atoms with E-state index in [1.807, 2.05) is 0 Å². The number of hydrogen-bond donors (Lipinski definition) is 11. The number of esters is 4. The second-order valence-corrected chi connectivity index (χ2v) is 11.5. The highest BCUT2D eigenvalue weighted by atomic mass is 16.7. The van der Waals surface area contributed by atoms with E-state index in [1.165, 1.54) is 0 Å². The number of phenolic OH excluding ortho intramolecular Hbond substituents is 11. The molecule has 4 aromatic rings. The maximum atomic E-state index is 13.2. The van der Waals surface area contributed by atoms with Crippen molar-refractivity contribution in [2.45, 2.75) is 31.3 Å². The van der Waals surface area contributed by atoms with E-state index < -0.39 is 135 Å². The van der Waals surface area contributed by atoms with E-state index >= 15 is 0 Å². The van der Waals surface area contributed by atoms with Gasteiger partial charge in [0.15, 0.2) is 63.2 Å². The molecule has 0 aromatic heterocycles. The van der Waals surface area contributed by atoms with Gasteiger partial charge in [-0.1, -0.05) is 0 Å². The first kappa shape index (κ1) is 37.8. The van der Waals surface area contributed by atoms with E-state index in [0.717, 1.165) is 48.5 Å². The minimum Gasteiger partial charge on any atom is -0.504 e. The molecule has 1 saturated heterocycles. The third-order valence-electron chi connectivity index (χ3n) is 7.63. The molecule has 0 radical (unpaired) electrons. The van der Waals surface area contributed by atoms with Crippen molar-refractivity contribution in [3.05, 3.63) is 70.8 Å². The largest absolute Gasteiger partial charge is 0.504 e. The molecule has 0 bridgehead atoms. The van der Waals surface area contributed by atoms with Crippen molar-refractivity contribution < 1.29 is 99.0 Å². The minimum atomic E-state index is -1.56. The van der Waals surface area contributed by atoms with Crippen LogP contribution < -0.4 is 4.74 Å². The topological polar surface area (TPSA) is 337 Å². The van der Waals surface area contributed by atoms with Crippen molar-refractivity contribution in [1.29, 1.82) is 0 Å². The summed E-state index contributed by atoms with van der Waals surface area (Å²) in [5.74, 6) is -15.4. The van der Waals surface area contributed by atoms with Crippen molar-refractivity contribution in [3.63, 3.8) is 0 Å². The van der Waals surface area contributed by atoms with Gasteiger partial charge in [0, 0.05) is 12.8 Å². The van der Waals surface area contributed by atoms with Gasteiger partial charge in [0.05, 0.1) is 28.4 Å². The molecule has 3 atom stereocenters. The van der Waals surface area contributed by atoms with Gasteiger partial charge < -0.3 is 79.9 Å². The maximum absolute atomic E-state index is 13.2. The molecular formula is C34H28O20. The van der Waals surface area contributed by atoms with Crippen molar-refractivity contribution in [2.75, 3.05) is 6.61 Å². The van der Waals surface area contributed by atoms with Crippen LogP contribution in [0.15, 0.2) is 48.5 Å². The van der Waals surface area contributed by atoms with Crippen LogP contribution in [0.2, 0.25) is 0 Å². The van der Waals surface area contributed by atoms with Gasteiger partial charge >= 0.3 is 23.9 Å². The molecule has 20 nitrogen and oxygen atoms in total. The van der Waals surface area contributed by atoms with Crippen molar-refractivity contribution in [3.8, 4) is 69.0 Å². The van der Waals surface area contributed by atoms with E-state index in [1.54, 1.807) is 0 Å². The van der Waals surface area contributed by atoms with Gasteiger partial charge in [-0.2, -0.15) is 0 Å². The summed E-state index contributed by atoms with van der Waals surface area (Å²) in [6.45, 7) is -0.609. The summed E-state index contributed by atoms with van der Waals surface area (Å²) in [6, 6.07) is 6.11. The SMILES string of the molecule is O=C(OC[C@@H]1C[C@H](OC(=O)c2cc(O)c(OC(=O)c3cc(O)c(O)c(O)c3)c(O)c2)C[C@H](OC(=O)c2cc(O)c(O)c(O)c2)O1)c1cc(O)c(O)c(O)c1. The Morgan fingerprint density at radius 3 is 1.31 bits per heavy atom. The van der Waals surface area contributed by atoms with E-state index in [2.05, 4.69) is 0 Å². The highest BCUT2D eigenvalue weighted by Crippen LogP contribution is 2.41. The summed E-state index contributed by atoms with van der Waals surface area (Å²) in [6.07, 6.45) is -4.58. The molecule has 20 heteroatoms. The second-order valence-electron chi connectivity index (χ2n) is 11.5. The van der Waals surface area contributed by atoms with E-state index in [4.69, 9.17) is 23.7 Å². The molecule has 0 amide bonds. The number of hydrogen-bond acceptors (Lipinski definition) is 20. The van der Waals surface area contributed by atoms with E-state index in [-0.39, 0.29) is 18.4 Å². The molecule has 5 rings (SSSR count). The van der Waals surface area contributed by atoms with Crippen molar-refractivity contribution in [2.24, 2.45) is 0 Å². The van der Waals surface area contributed by atoms with Crippen molar-refractivity contribution in [1.82, 2.24) is 0 Å². The average Bonchev–Trinajstić information content (AvgIpc) is 3.11. The number of carbonyl (C=O) groups excluding carboxylic acids is 4. The van der Waals surface area contributed by atoms with Crippen LogP contribution in [0, 0.1) is 0 Å². The van der Waals surface area contributed by atoms with Crippen LogP contribution in [-0.4, -0.2) is 105 Å². The van der Waals surface area contributed by atoms with E-state index in [9.17, 15) is 75.3 Å². The van der Waals surface area contributed by atoms with Crippen molar-refractivity contribution >= 4 is 23.9 Å². The summed E-state index contributed by atoms with van der Waals surface area (Å²) in [4.78, 5) is 51.2. The Balaban J connectivity index is 1.32. The van der Waals surface area contributed by atoms with Crippen LogP contribution in [0.4, 0.5) is 0 Å². The average molecular weight is 757 g/mol.